The predicted octanol–water partition coefficient (Wildman–Crippen LogP) is 4.15. The van der Waals surface area contributed by atoms with Crippen LogP contribution in [0.4, 0.5) is 5.82 Å². The largest absolute Gasteiger partial charge is 0.467 e. The van der Waals surface area contributed by atoms with Crippen LogP contribution in [0.25, 0.3) is 0 Å². The molecule has 0 saturated carbocycles. The first kappa shape index (κ1) is 12.7. The van der Waals surface area contributed by atoms with Gasteiger partial charge >= 0.3 is 0 Å². The summed E-state index contributed by atoms with van der Waals surface area (Å²) in [5.74, 6) is 1.78. The Morgan fingerprint density at radius 1 is 1.22 bits per heavy atom. The molecule has 96 valence electrons. The number of aromatic nitrogens is 1. The van der Waals surface area contributed by atoms with Gasteiger partial charge in [0.05, 0.1) is 12.3 Å². The molecule has 2 rings (SSSR count). The molecule has 3 nitrogen and oxygen atoms in total. The monoisotopic (exact) mass is 244 g/mol. The van der Waals surface area contributed by atoms with Crippen LogP contribution in [-0.2, 0) is 5.41 Å². The Balaban J connectivity index is 2.07. The van der Waals surface area contributed by atoms with Crippen molar-refractivity contribution >= 4 is 5.82 Å². The van der Waals surface area contributed by atoms with Gasteiger partial charge in [-0.25, -0.2) is 4.98 Å². The van der Waals surface area contributed by atoms with Crippen LogP contribution in [-0.4, -0.2) is 4.98 Å². The highest BCUT2D eigenvalue weighted by Crippen LogP contribution is 2.23. The van der Waals surface area contributed by atoms with Gasteiger partial charge in [0.25, 0.3) is 0 Å². The molecule has 2 aromatic heterocycles. The maximum atomic E-state index is 5.36. The topological polar surface area (TPSA) is 38.1 Å². The Morgan fingerprint density at radius 2 is 2.00 bits per heavy atom. The lowest BCUT2D eigenvalue weighted by Gasteiger charge is -2.19. The third kappa shape index (κ3) is 2.92. The molecule has 3 heteroatoms. The molecule has 1 unspecified atom stereocenters. The van der Waals surface area contributed by atoms with Gasteiger partial charge in [0, 0.05) is 6.20 Å². The fraction of sp³-hybridized carbons (Fsp3) is 0.400. The van der Waals surface area contributed by atoms with Crippen molar-refractivity contribution in [3.8, 4) is 0 Å². The zero-order valence-electron chi connectivity index (χ0n) is 11.4. The lowest BCUT2D eigenvalue weighted by molar-refractivity contribution is 0.490. The van der Waals surface area contributed by atoms with Crippen LogP contribution in [0.15, 0.2) is 41.1 Å². The average molecular weight is 244 g/mol. The second kappa shape index (κ2) is 4.84. The van der Waals surface area contributed by atoms with E-state index in [1.807, 2.05) is 24.4 Å². The molecule has 18 heavy (non-hydrogen) atoms. The Morgan fingerprint density at radius 3 is 2.50 bits per heavy atom. The zero-order valence-corrected chi connectivity index (χ0v) is 11.4. The summed E-state index contributed by atoms with van der Waals surface area (Å²) in [6.07, 6.45) is 3.61. The summed E-state index contributed by atoms with van der Waals surface area (Å²) < 4.78 is 5.36. The molecule has 0 bridgehead atoms. The van der Waals surface area contributed by atoms with E-state index in [-0.39, 0.29) is 11.5 Å². The standard InChI is InChI=1S/C15H20N2O/c1-11(13-6-5-9-18-13)17-14-8-7-12(10-16-14)15(2,3)4/h5-11H,1-4H3,(H,16,17). The number of anilines is 1. The van der Waals surface area contributed by atoms with E-state index in [4.69, 9.17) is 4.42 Å². The van der Waals surface area contributed by atoms with Crippen molar-refractivity contribution in [1.29, 1.82) is 0 Å². The van der Waals surface area contributed by atoms with Gasteiger partial charge in [-0.3, -0.25) is 0 Å². The number of rotatable bonds is 3. The van der Waals surface area contributed by atoms with Crippen molar-refractivity contribution in [2.45, 2.75) is 39.2 Å². The van der Waals surface area contributed by atoms with Gasteiger partial charge < -0.3 is 9.73 Å². The van der Waals surface area contributed by atoms with Crippen molar-refractivity contribution in [2.24, 2.45) is 0 Å². The molecule has 0 fully saturated rings. The summed E-state index contributed by atoms with van der Waals surface area (Å²) in [4.78, 5) is 4.44. The molecule has 2 heterocycles. The average Bonchev–Trinajstić information content (AvgIpc) is 2.82. The van der Waals surface area contributed by atoms with Crippen LogP contribution in [0.1, 0.15) is 45.1 Å². The minimum absolute atomic E-state index is 0.119. The van der Waals surface area contributed by atoms with Crippen LogP contribution < -0.4 is 5.32 Å². The van der Waals surface area contributed by atoms with Gasteiger partial charge in [-0.05, 0) is 36.1 Å². The highest BCUT2D eigenvalue weighted by atomic mass is 16.3. The van der Waals surface area contributed by atoms with E-state index < -0.39 is 0 Å². The number of nitrogens with zero attached hydrogens (tertiary/aromatic N) is 1. The van der Waals surface area contributed by atoms with E-state index in [1.165, 1.54) is 5.56 Å². The Bertz CT molecular complexity index is 480. The van der Waals surface area contributed by atoms with Gasteiger partial charge in [-0.2, -0.15) is 0 Å². The van der Waals surface area contributed by atoms with Crippen LogP contribution in [0.2, 0.25) is 0 Å². The lowest BCUT2D eigenvalue weighted by Crippen LogP contribution is -2.12. The Hall–Kier alpha value is -1.77. The summed E-state index contributed by atoms with van der Waals surface area (Å²) in [6, 6.07) is 8.10. The summed E-state index contributed by atoms with van der Waals surface area (Å²) in [6.45, 7) is 8.60. The molecule has 1 N–H and O–H groups in total. The van der Waals surface area contributed by atoms with Gasteiger partial charge in [0.15, 0.2) is 0 Å². The van der Waals surface area contributed by atoms with Gasteiger partial charge in [-0.15, -0.1) is 0 Å². The highest BCUT2D eigenvalue weighted by Gasteiger charge is 2.14. The zero-order chi connectivity index (χ0) is 13.2. The molecule has 0 saturated heterocycles. The van der Waals surface area contributed by atoms with Crippen molar-refractivity contribution in [3.05, 3.63) is 48.0 Å². The molecule has 0 spiro atoms. The first-order valence-corrected chi connectivity index (χ1v) is 6.23. The third-order valence-corrected chi connectivity index (χ3v) is 2.96. The molecule has 0 aliphatic carbocycles. The van der Waals surface area contributed by atoms with Crippen LogP contribution in [0.3, 0.4) is 0 Å². The van der Waals surface area contributed by atoms with E-state index in [0.29, 0.717) is 0 Å². The smallest absolute Gasteiger partial charge is 0.126 e. The number of pyridine rings is 1. The fourth-order valence-electron chi connectivity index (χ4n) is 1.75. The number of furan rings is 1. The summed E-state index contributed by atoms with van der Waals surface area (Å²) >= 11 is 0. The Labute approximate surface area is 108 Å². The minimum atomic E-state index is 0.119. The summed E-state index contributed by atoms with van der Waals surface area (Å²) in [5, 5.41) is 3.32. The quantitative estimate of drug-likeness (QED) is 0.881. The van der Waals surface area contributed by atoms with Crippen molar-refractivity contribution in [1.82, 2.24) is 4.98 Å². The van der Waals surface area contributed by atoms with Gasteiger partial charge in [-0.1, -0.05) is 26.8 Å². The molecular weight excluding hydrogens is 224 g/mol. The molecule has 0 radical (unpaired) electrons. The highest BCUT2D eigenvalue weighted by molar-refractivity contribution is 5.38. The van der Waals surface area contributed by atoms with Crippen molar-refractivity contribution in [2.75, 3.05) is 5.32 Å². The van der Waals surface area contributed by atoms with E-state index >= 15 is 0 Å². The molecule has 0 amide bonds. The van der Waals surface area contributed by atoms with E-state index in [9.17, 15) is 0 Å². The fourth-order valence-corrected chi connectivity index (χ4v) is 1.75. The normalized spacial score (nSPS) is 13.3. The van der Waals surface area contributed by atoms with E-state index in [1.54, 1.807) is 6.26 Å². The second-order valence-corrected chi connectivity index (χ2v) is 5.56. The number of nitrogens with one attached hydrogen (secondary N) is 1. The first-order chi connectivity index (χ1) is 8.47. The van der Waals surface area contributed by atoms with Crippen molar-refractivity contribution in [3.63, 3.8) is 0 Å². The van der Waals surface area contributed by atoms with Crippen LogP contribution >= 0.6 is 0 Å². The van der Waals surface area contributed by atoms with Gasteiger partial charge in [0.2, 0.25) is 0 Å². The SMILES string of the molecule is CC(Nc1ccc(C(C)(C)C)cn1)c1ccco1. The molecular formula is C15H20N2O. The summed E-state index contributed by atoms with van der Waals surface area (Å²) in [5.41, 5.74) is 1.37. The molecule has 0 aromatic carbocycles. The van der Waals surface area contributed by atoms with Crippen molar-refractivity contribution < 1.29 is 4.42 Å². The van der Waals surface area contributed by atoms with E-state index in [0.717, 1.165) is 11.6 Å². The maximum Gasteiger partial charge on any atom is 0.126 e. The maximum absolute atomic E-state index is 5.36. The van der Waals surface area contributed by atoms with E-state index in [2.05, 4.69) is 44.1 Å². The molecule has 0 aliphatic rings. The van der Waals surface area contributed by atoms with Crippen LogP contribution in [0, 0.1) is 0 Å². The predicted molar refractivity (Wildman–Crippen MR) is 73.7 cm³/mol. The molecule has 2 aromatic rings. The molecule has 1 atom stereocenters. The Kier molecular flexibility index (Phi) is 3.41. The first-order valence-electron chi connectivity index (χ1n) is 6.23. The third-order valence-electron chi connectivity index (χ3n) is 2.96. The second-order valence-electron chi connectivity index (χ2n) is 5.56. The van der Waals surface area contributed by atoms with Crippen LogP contribution in [0.5, 0.6) is 0 Å². The summed E-state index contributed by atoms with van der Waals surface area (Å²) in [7, 11) is 0. The van der Waals surface area contributed by atoms with Gasteiger partial charge in [0.1, 0.15) is 11.6 Å². The number of hydrogen-bond acceptors (Lipinski definition) is 3. The lowest BCUT2D eigenvalue weighted by atomic mass is 9.88. The molecule has 0 aliphatic heterocycles. The number of hydrogen-bond donors (Lipinski definition) is 1. The minimum Gasteiger partial charge on any atom is -0.467 e.